The highest BCUT2D eigenvalue weighted by Crippen LogP contribution is 2.41. The molecule has 0 radical (unpaired) electrons. The molecule has 0 bridgehead atoms. The largest absolute Gasteiger partial charge is 0.496 e. The van der Waals surface area contributed by atoms with Crippen LogP contribution < -0.4 is 47.7 Å². The summed E-state index contributed by atoms with van der Waals surface area (Å²) in [5.41, 5.74) is 11.0. The minimum Gasteiger partial charge on any atom is -0.496 e. The van der Waals surface area contributed by atoms with Crippen molar-refractivity contribution >= 4 is 60.0 Å². The highest BCUT2D eigenvalue weighted by molar-refractivity contribution is 5.84. The van der Waals surface area contributed by atoms with E-state index in [4.69, 9.17) is 47.9 Å². The third-order valence-corrected chi connectivity index (χ3v) is 15.8. The van der Waals surface area contributed by atoms with Crippen LogP contribution in [0.2, 0.25) is 0 Å². The van der Waals surface area contributed by atoms with E-state index in [1.165, 1.54) is 0 Å². The minimum atomic E-state index is 0.592. The molecule has 0 saturated heterocycles. The summed E-state index contributed by atoms with van der Waals surface area (Å²) in [6.07, 6.45) is 37.2. The fourth-order valence-electron chi connectivity index (χ4n) is 10.3. The topological polar surface area (TPSA) is 106 Å². The lowest BCUT2D eigenvalue weighted by Gasteiger charge is -2.27. The Kier molecular flexibility index (Phi) is 31.7. The number of benzene rings is 4. The van der Waals surface area contributed by atoms with Gasteiger partial charge in [0.2, 0.25) is 0 Å². The molecule has 4 aromatic carbocycles. The number of unbranched alkanes of at least 4 members (excludes halogenated alkanes) is 8. The highest BCUT2D eigenvalue weighted by Gasteiger charge is 2.20. The fraction of sp³-hybridized carbons (Fsp3) is 0.462. The summed E-state index contributed by atoms with van der Waals surface area (Å²) in [4.78, 5) is 14.5. The summed E-state index contributed by atoms with van der Waals surface area (Å²) in [5, 5.41) is 0. The average molecular weight is 1230 g/mol. The molecule has 0 aliphatic carbocycles. The van der Waals surface area contributed by atoms with Gasteiger partial charge in [-0.25, -0.2) is 0 Å². The third kappa shape index (κ3) is 21.7. The Balaban J connectivity index is 1.32. The first-order valence-electron chi connectivity index (χ1n) is 33.7. The van der Waals surface area contributed by atoms with Crippen LogP contribution in [-0.2, 0) is 0 Å². The van der Waals surface area contributed by atoms with Crippen molar-refractivity contribution < 1.29 is 37.9 Å². The van der Waals surface area contributed by atoms with Crippen LogP contribution in [0.5, 0.6) is 46.0 Å². The summed E-state index contributed by atoms with van der Waals surface area (Å²) < 4.78 is 50.5. The Hall–Kier alpha value is -7.86. The van der Waals surface area contributed by atoms with Gasteiger partial charge in [-0.15, -0.1) is 0 Å². The van der Waals surface area contributed by atoms with Crippen molar-refractivity contribution in [2.75, 3.05) is 90.8 Å². The molecule has 0 aliphatic rings. The number of nitrogens with zero attached hydrogens (tertiary/aromatic N) is 4. The highest BCUT2D eigenvalue weighted by atomic mass is 16.5. The molecule has 2 heterocycles. The molecule has 0 amide bonds. The zero-order valence-electron chi connectivity index (χ0n) is 56.7. The standard InChI is InChI=1S/C78H106N4O8/c1-13-21-41-81(42-22-14-2)69-57-71(83-9)61(55-77(69)85-11)33-35-65-53-73(87-45-25-17-5)63(51-75(65)89-47-27-19-7)31-29-59-37-39-79-67(49-59)68-50-60(38-40-80-68)30-32-64-52-76(90-48-28-20-8)66(54-74(64)88-46-26-18-6)36-34-62-56-78(86-12)70(58-72(62)84-10)82(43-23-15-3)44-24-16-4/h29-40,49-58H,13-28,41-48H2,1-12H3/b31-29+,32-30+,35-33+,36-34+. The quantitative estimate of drug-likeness (QED) is 0.0269. The van der Waals surface area contributed by atoms with Crippen molar-refractivity contribution in [1.82, 2.24) is 9.97 Å². The van der Waals surface area contributed by atoms with Gasteiger partial charge in [0.15, 0.2) is 0 Å². The molecule has 0 N–H and O–H groups in total. The van der Waals surface area contributed by atoms with E-state index in [9.17, 15) is 0 Å². The van der Waals surface area contributed by atoms with Gasteiger partial charge in [-0.3, -0.25) is 9.97 Å². The number of hydrogen-bond acceptors (Lipinski definition) is 12. The van der Waals surface area contributed by atoms with E-state index in [0.717, 1.165) is 242 Å². The SMILES string of the molecule is CCCCOc1cc(/C=C/c2cc(OC)c(N(CCCC)CCCC)cc2OC)c(OCCCC)cc1/C=C/c1ccnc(-c2cc(/C=C/c3cc(OCCCC)c(/C=C/c4cc(OC)c(N(CCCC)CCCC)cc4OC)cc3OCCCC)ccn2)c1. The van der Waals surface area contributed by atoms with Crippen molar-refractivity contribution in [1.29, 1.82) is 0 Å². The summed E-state index contributed by atoms with van der Waals surface area (Å²) in [6.45, 7) is 23.9. The van der Waals surface area contributed by atoms with Crippen LogP contribution in [0.4, 0.5) is 11.4 Å². The molecule has 0 atom stereocenters. The number of anilines is 2. The zero-order chi connectivity index (χ0) is 64.3. The third-order valence-electron chi connectivity index (χ3n) is 15.8. The number of rotatable bonds is 43. The first-order chi connectivity index (χ1) is 44.1. The summed E-state index contributed by atoms with van der Waals surface area (Å²) in [6, 6.07) is 25.0. The lowest BCUT2D eigenvalue weighted by atomic mass is 10.0. The van der Waals surface area contributed by atoms with Crippen molar-refractivity contribution in [3.8, 4) is 57.4 Å². The molecular formula is C78H106N4O8. The molecule has 0 unspecified atom stereocenters. The van der Waals surface area contributed by atoms with Crippen LogP contribution in [0.15, 0.2) is 85.2 Å². The summed E-state index contributed by atoms with van der Waals surface area (Å²) in [7, 11) is 6.96. The second kappa shape index (κ2) is 40.0. The maximum atomic E-state index is 6.58. The molecule has 0 fully saturated rings. The van der Waals surface area contributed by atoms with E-state index in [1.54, 1.807) is 28.4 Å². The van der Waals surface area contributed by atoms with Gasteiger partial charge in [-0.05, 0) is 123 Å². The van der Waals surface area contributed by atoms with E-state index in [1.807, 2.05) is 24.5 Å². The van der Waals surface area contributed by atoms with E-state index in [-0.39, 0.29) is 0 Å². The number of ether oxygens (including phenoxy) is 8. The fourth-order valence-corrected chi connectivity index (χ4v) is 10.3. The van der Waals surface area contributed by atoms with Gasteiger partial charge in [0, 0.05) is 84.1 Å². The Labute approximate surface area is 541 Å². The molecule has 0 saturated carbocycles. The van der Waals surface area contributed by atoms with Crippen LogP contribution in [0, 0.1) is 0 Å². The van der Waals surface area contributed by atoms with Gasteiger partial charge in [0.25, 0.3) is 0 Å². The summed E-state index contributed by atoms with van der Waals surface area (Å²) >= 11 is 0. The Morgan fingerprint density at radius 2 is 0.556 bits per heavy atom. The van der Waals surface area contributed by atoms with Crippen molar-refractivity contribution in [2.24, 2.45) is 0 Å². The van der Waals surface area contributed by atoms with Crippen LogP contribution in [-0.4, -0.2) is 91.0 Å². The summed E-state index contributed by atoms with van der Waals surface area (Å²) in [5.74, 6) is 6.32. The van der Waals surface area contributed by atoms with Crippen molar-refractivity contribution in [3.05, 3.63) is 130 Å². The monoisotopic (exact) mass is 1230 g/mol. The molecule has 12 nitrogen and oxygen atoms in total. The van der Waals surface area contributed by atoms with Gasteiger partial charge >= 0.3 is 0 Å². The Bertz CT molecular complexity index is 2990. The smallest absolute Gasteiger partial charge is 0.143 e. The van der Waals surface area contributed by atoms with Gasteiger partial charge in [0.1, 0.15) is 46.0 Å². The van der Waals surface area contributed by atoms with Crippen LogP contribution in [0.1, 0.15) is 203 Å². The normalized spacial score (nSPS) is 11.6. The van der Waals surface area contributed by atoms with Crippen LogP contribution in [0.25, 0.3) is 60.0 Å². The van der Waals surface area contributed by atoms with Crippen LogP contribution >= 0.6 is 0 Å². The molecule has 486 valence electrons. The lowest BCUT2D eigenvalue weighted by molar-refractivity contribution is 0.300. The Morgan fingerprint density at radius 3 is 0.822 bits per heavy atom. The van der Waals surface area contributed by atoms with Gasteiger partial charge in [-0.2, -0.15) is 0 Å². The zero-order valence-corrected chi connectivity index (χ0v) is 56.7. The maximum absolute atomic E-state index is 6.58. The molecule has 12 heteroatoms. The van der Waals surface area contributed by atoms with Gasteiger partial charge < -0.3 is 47.7 Å². The predicted molar refractivity (Wildman–Crippen MR) is 381 cm³/mol. The molecule has 6 aromatic rings. The molecule has 6 rings (SSSR count). The molecule has 90 heavy (non-hydrogen) atoms. The number of pyridine rings is 2. The van der Waals surface area contributed by atoms with Gasteiger partial charge in [-0.1, -0.05) is 155 Å². The molecular weight excluding hydrogens is 1120 g/mol. The number of aromatic nitrogens is 2. The number of hydrogen-bond donors (Lipinski definition) is 0. The average Bonchev–Trinajstić information content (AvgIpc) is 1.25. The first-order valence-corrected chi connectivity index (χ1v) is 33.7. The van der Waals surface area contributed by atoms with E-state index in [0.29, 0.717) is 26.4 Å². The predicted octanol–water partition coefficient (Wildman–Crippen LogP) is 20.4. The van der Waals surface area contributed by atoms with E-state index in [2.05, 4.69) is 174 Å². The molecule has 2 aromatic heterocycles. The van der Waals surface area contributed by atoms with Gasteiger partial charge in [0.05, 0.1) is 77.6 Å². The maximum Gasteiger partial charge on any atom is 0.143 e. The molecule has 0 spiro atoms. The van der Waals surface area contributed by atoms with Crippen LogP contribution in [0.3, 0.4) is 0 Å². The van der Waals surface area contributed by atoms with E-state index >= 15 is 0 Å². The first kappa shape index (κ1) is 71.2. The van der Waals surface area contributed by atoms with Crippen molar-refractivity contribution in [3.63, 3.8) is 0 Å². The number of methoxy groups -OCH3 is 4. The second-order valence-electron chi connectivity index (χ2n) is 22.9. The molecule has 0 aliphatic heterocycles. The van der Waals surface area contributed by atoms with E-state index < -0.39 is 0 Å². The minimum absolute atomic E-state index is 0.592. The second-order valence-corrected chi connectivity index (χ2v) is 22.9. The lowest BCUT2D eigenvalue weighted by Crippen LogP contribution is -2.26. The van der Waals surface area contributed by atoms with Crippen molar-refractivity contribution in [2.45, 2.75) is 158 Å². The Morgan fingerprint density at radius 1 is 0.300 bits per heavy atom.